The number of rotatable bonds is 5. The van der Waals surface area contributed by atoms with Crippen molar-refractivity contribution >= 4 is 17.1 Å². The third-order valence-corrected chi connectivity index (χ3v) is 3.20. The van der Waals surface area contributed by atoms with Crippen LogP contribution in [0.4, 0.5) is 0 Å². The third-order valence-electron chi connectivity index (χ3n) is 2.39. The van der Waals surface area contributed by atoms with E-state index in [1.165, 1.54) is 17.8 Å². The highest BCUT2D eigenvalue weighted by Crippen LogP contribution is 2.07. The van der Waals surface area contributed by atoms with Crippen molar-refractivity contribution in [2.45, 2.75) is 18.9 Å². The first-order valence-corrected chi connectivity index (χ1v) is 5.98. The Kier molecular flexibility index (Phi) is 3.82. The molecule has 1 aliphatic rings. The number of hydrogen-bond donors (Lipinski definition) is 1. The Balaban J connectivity index is 1.67. The lowest BCUT2D eigenvalue weighted by molar-refractivity contribution is 0.0723. The number of Topliss-reactive ketones (excluding diaryl/α,β-unsaturated/α-hetero) is 1. The summed E-state index contributed by atoms with van der Waals surface area (Å²) in [4.78, 5) is 15.4. The van der Waals surface area contributed by atoms with E-state index < -0.39 is 0 Å². The molecule has 1 unspecified atom stereocenters. The average Bonchev–Trinajstić information content (AvgIpc) is 2.90. The first kappa shape index (κ1) is 10.7. The van der Waals surface area contributed by atoms with E-state index in [9.17, 15) is 4.79 Å². The number of thiazole rings is 1. The first-order valence-electron chi connectivity index (χ1n) is 5.10. The molecule has 0 radical (unpaired) electrons. The summed E-state index contributed by atoms with van der Waals surface area (Å²) in [7, 11) is 0. The van der Waals surface area contributed by atoms with Gasteiger partial charge in [0.05, 0.1) is 6.61 Å². The number of carbonyl (C=O) groups is 1. The van der Waals surface area contributed by atoms with E-state index in [2.05, 4.69) is 10.3 Å². The van der Waals surface area contributed by atoms with Crippen LogP contribution in [0, 0.1) is 0 Å². The number of ether oxygens (including phenoxy) is 1. The van der Waals surface area contributed by atoms with Gasteiger partial charge in [-0.1, -0.05) is 0 Å². The van der Waals surface area contributed by atoms with Crippen LogP contribution in [0.1, 0.15) is 22.6 Å². The fraction of sp³-hybridized carbons (Fsp3) is 0.600. The van der Waals surface area contributed by atoms with E-state index >= 15 is 0 Å². The fourth-order valence-corrected chi connectivity index (χ4v) is 2.18. The maximum Gasteiger partial charge on any atom is 0.216 e. The van der Waals surface area contributed by atoms with E-state index in [1.54, 1.807) is 11.6 Å². The van der Waals surface area contributed by atoms with Crippen LogP contribution in [0.25, 0.3) is 0 Å². The van der Waals surface area contributed by atoms with Crippen molar-refractivity contribution in [3.63, 3.8) is 0 Å². The molecule has 0 aliphatic carbocycles. The van der Waals surface area contributed by atoms with Crippen LogP contribution in [0.5, 0.6) is 0 Å². The van der Waals surface area contributed by atoms with Gasteiger partial charge in [-0.25, -0.2) is 4.98 Å². The van der Waals surface area contributed by atoms with Crippen LogP contribution >= 0.6 is 11.3 Å². The molecular weight excluding hydrogens is 212 g/mol. The van der Waals surface area contributed by atoms with E-state index in [-0.39, 0.29) is 12.4 Å². The zero-order valence-corrected chi connectivity index (χ0v) is 9.26. The van der Waals surface area contributed by atoms with Gasteiger partial charge in [-0.2, -0.15) is 0 Å². The standard InChI is InChI=1S/C10H14N2O2S/c13-9(10-12-4-5-15-10)7-14-6-8-2-1-3-11-8/h4-5,8,11H,1-3,6-7H2. The van der Waals surface area contributed by atoms with Gasteiger partial charge in [-0.3, -0.25) is 4.79 Å². The summed E-state index contributed by atoms with van der Waals surface area (Å²) in [6, 6.07) is 0.425. The van der Waals surface area contributed by atoms with E-state index in [4.69, 9.17) is 4.74 Å². The lowest BCUT2D eigenvalue weighted by atomic mass is 10.2. The Morgan fingerprint density at radius 3 is 3.33 bits per heavy atom. The van der Waals surface area contributed by atoms with Crippen LogP contribution in [0.15, 0.2) is 11.6 Å². The van der Waals surface area contributed by atoms with E-state index in [1.807, 2.05) is 0 Å². The Morgan fingerprint density at radius 2 is 2.67 bits per heavy atom. The van der Waals surface area contributed by atoms with Gasteiger partial charge < -0.3 is 10.1 Å². The molecule has 1 aromatic rings. The van der Waals surface area contributed by atoms with Crippen molar-refractivity contribution in [1.29, 1.82) is 0 Å². The molecule has 2 heterocycles. The predicted octanol–water partition coefficient (Wildman–Crippen LogP) is 1.09. The lowest BCUT2D eigenvalue weighted by Crippen LogP contribution is -2.27. The molecule has 15 heavy (non-hydrogen) atoms. The molecule has 0 bridgehead atoms. The predicted molar refractivity (Wildman–Crippen MR) is 58.3 cm³/mol. The molecule has 1 aliphatic heterocycles. The third kappa shape index (κ3) is 3.09. The molecular formula is C10H14N2O2S. The molecule has 0 saturated carbocycles. The van der Waals surface area contributed by atoms with E-state index in [0.29, 0.717) is 17.7 Å². The minimum Gasteiger partial charge on any atom is -0.372 e. The van der Waals surface area contributed by atoms with Gasteiger partial charge in [-0.05, 0) is 19.4 Å². The zero-order valence-electron chi connectivity index (χ0n) is 8.44. The molecule has 0 amide bonds. The maximum absolute atomic E-state index is 11.5. The molecule has 82 valence electrons. The Morgan fingerprint density at radius 1 is 1.73 bits per heavy atom. The smallest absolute Gasteiger partial charge is 0.216 e. The molecule has 0 spiro atoms. The highest BCUT2D eigenvalue weighted by Gasteiger charge is 2.15. The summed E-state index contributed by atoms with van der Waals surface area (Å²) >= 11 is 1.36. The van der Waals surface area contributed by atoms with Crippen molar-refractivity contribution in [1.82, 2.24) is 10.3 Å². The quantitative estimate of drug-likeness (QED) is 0.764. The van der Waals surface area contributed by atoms with Crippen molar-refractivity contribution in [3.8, 4) is 0 Å². The van der Waals surface area contributed by atoms with Crippen LogP contribution in [-0.4, -0.2) is 36.6 Å². The normalized spacial score (nSPS) is 20.7. The summed E-state index contributed by atoms with van der Waals surface area (Å²) in [5.74, 6) is -0.0250. The second-order valence-corrected chi connectivity index (χ2v) is 4.46. The highest BCUT2D eigenvalue weighted by molar-refractivity contribution is 7.11. The summed E-state index contributed by atoms with van der Waals surface area (Å²) in [6.45, 7) is 1.83. The molecule has 4 nitrogen and oxygen atoms in total. The molecule has 1 N–H and O–H groups in total. The second-order valence-electron chi connectivity index (χ2n) is 3.57. The topological polar surface area (TPSA) is 51.2 Å². The Labute approximate surface area is 92.7 Å². The number of carbonyl (C=O) groups excluding carboxylic acids is 1. The van der Waals surface area contributed by atoms with Crippen molar-refractivity contribution in [3.05, 3.63) is 16.6 Å². The Bertz CT molecular complexity index is 307. The zero-order chi connectivity index (χ0) is 10.5. The molecule has 1 aromatic heterocycles. The monoisotopic (exact) mass is 226 g/mol. The summed E-state index contributed by atoms with van der Waals surface area (Å²) < 4.78 is 5.36. The van der Waals surface area contributed by atoms with Gasteiger partial charge >= 0.3 is 0 Å². The Hall–Kier alpha value is -0.780. The number of ketones is 1. The molecule has 2 rings (SSSR count). The van der Waals surface area contributed by atoms with Gasteiger partial charge in [0.1, 0.15) is 6.61 Å². The number of aromatic nitrogens is 1. The van der Waals surface area contributed by atoms with Crippen molar-refractivity contribution < 1.29 is 9.53 Å². The summed E-state index contributed by atoms with van der Waals surface area (Å²) in [5.41, 5.74) is 0. The van der Waals surface area contributed by atoms with Gasteiger partial charge in [0.2, 0.25) is 5.78 Å². The molecule has 1 atom stereocenters. The number of nitrogens with zero attached hydrogens (tertiary/aromatic N) is 1. The number of nitrogens with one attached hydrogen (secondary N) is 1. The van der Waals surface area contributed by atoms with Crippen LogP contribution in [0.2, 0.25) is 0 Å². The second kappa shape index (κ2) is 5.34. The summed E-state index contributed by atoms with van der Waals surface area (Å²) in [6.07, 6.45) is 3.98. The first-order chi connectivity index (χ1) is 7.36. The van der Waals surface area contributed by atoms with Gasteiger partial charge in [-0.15, -0.1) is 11.3 Å². The minimum absolute atomic E-state index is 0.0250. The SMILES string of the molecule is O=C(COCC1CCCN1)c1nccs1. The lowest BCUT2D eigenvalue weighted by Gasteiger charge is -2.09. The summed E-state index contributed by atoms with van der Waals surface area (Å²) in [5, 5.41) is 5.65. The van der Waals surface area contributed by atoms with Gasteiger partial charge in [0.25, 0.3) is 0 Å². The van der Waals surface area contributed by atoms with Gasteiger partial charge in [0.15, 0.2) is 5.01 Å². The van der Waals surface area contributed by atoms with Crippen molar-refractivity contribution in [2.75, 3.05) is 19.8 Å². The molecule has 0 aromatic carbocycles. The maximum atomic E-state index is 11.5. The molecule has 1 fully saturated rings. The highest BCUT2D eigenvalue weighted by atomic mass is 32.1. The molecule has 5 heteroatoms. The number of hydrogen-bond acceptors (Lipinski definition) is 5. The van der Waals surface area contributed by atoms with Gasteiger partial charge in [0, 0.05) is 17.6 Å². The van der Waals surface area contributed by atoms with Crippen LogP contribution < -0.4 is 5.32 Å². The minimum atomic E-state index is -0.0250. The largest absolute Gasteiger partial charge is 0.372 e. The fourth-order valence-electron chi connectivity index (χ4n) is 1.62. The van der Waals surface area contributed by atoms with E-state index in [0.717, 1.165) is 13.0 Å². The van der Waals surface area contributed by atoms with Crippen LogP contribution in [-0.2, 0) is 4.74 Å². The van der Waals surface area contributed by atoms with Crippen LogP contribution in [0.3, 0.4) is 0 Å². The molecule has 1 saturated heterocycles. The average molecular weight is 226 g/mol. The van der Waals surface area contributed by atoms with Crippen molar-refractivity contribution in [2.24, 2.45) is 0 Å².